The molecule has 1 amide bonds. The summed E-state index contributed by atoms with van der Waals surface area (Å²) in [7, 11) is 0. The Morgan fingerprint density at radius 1 is 1.13 bits per heavy atom. The summed E-state index contributed by atoms with van der Waals surface area (Å²) in [5.41, 5.74) is 0.989. The number of esters is 1. The lowest BCUT2D eigenvalue weighted by Crippen LogP contribution is -2.09. The van der Waals surface area contributed by atoms with Crippen LogP contribution in [0, 0.1) is 17.0 Å². The van der Waals surface area contributed by atoms with Crippen molar-refractivity contribution in [2.45, 2.75) is 13.8 Å². The maximum Gasteiger partial charge on any atom is 0.343 e. The molecule has 118 valence electrons. The molecule has 7 nitrogen and oxygen atoms in total. The molecule has 0 fully saturated rings. The summed E-state index contributed by atoms with van der Waals surface area (Å²) in [6.45, 7) is 2.98. The number of hydrogen-bond acceptors (Lipinski definition) is 5. The molecule has 0 heterocycles. The van der Waals surface area contributed by atoms with Gasteiger partial charge >= 0.3 is 5.97 Å². The zero-order valence-electron chi connectivity index (χ0n) is 12.5. The highest BCUT2D eigenvalue weighted by Gasteiger charge is 2.16. The molecule has 0 saturated heterocycles. The van der Waals surface area contributed by atoms with Crippen molar-refractivity contribution in [3.05, 3.63) is 63.7 Å². The van der Waals surface area contributed by atoms with Crippen LogP contribution >= 0.6 is 0 Å². The van der Waals surface area contributed by atoms with Crippen LogP contribution < -0.4 is 10.1 Å². The van der Waals surface area contributed by atoms with Crippen LogP contribution in [0.4, 0.5) is 11.4 Å². The molecule has 0 atom stereocenters. The number of benzene rings is 2. The second-order valence-corrected chi connectivity index (χ2v) is 4.85. The third-order valence-electron chi connectivity index (χ3n) is 3.03. The Morgan fingerprint density at radius 2 is 1.78 bits per heavy atom. The Balaban J connectivity index is 2.14. The predicted molar refractivity (Wildman–Crippen MR) is 83.5 cm³/mol. The van der Waals surface area contributed by atoms with Gasteiger partial charge in [0.2, 0.25) is 5.91 Å². The normalized spacial score (nSPS) is 10.0. The fourth-order valence-electron chi connectivity index (χ4n) is 1.91. The standard InChI is InChI=1S/C16H14N2O5/c1-10-3-4-12(9-15(10)18(21)22)16(20)23-14-7-5-13(6-8-14)17-11(2)19/h3-9H,1-2H3,(H,17,19). The molecule has 1 N–H and O–H groups in total. The molecule has 2 aromatic carbocycles. The van der Waals surface area contributed by atoms with Gasteiger partial charge in [-0.3, -0.25) is 14.9 Å². The molecule has 0 bridgehead atoms. The Labute approximate surface area is 132 Å². The number of anilines is 1. The highest BCUT2D eigenvalue weighted by Crippen LogP contribution is 2.21. The summed E-state index contributed by atoms with van der Waals surface area (Å²) in [4.78, 5) is 33.3. The van der Waals surface area contributed by atoms with Gasteiger partial charge in [-0.25, -0.2) is 4.79 Å². The van der Waals surface area contributed by atoms with E-state index in [0.29, 0.717) is 11.3 Å². The zero-order chi connectivity index (χ0) is 17.0. The highest BCUT2D eigenvalue weighted by molar-refractivity contribution is 5.92. The number of amides is 1. The molecule has 0 aliphatic carbocycles. The first-order valence-electron chi connectivity index (χ1n) is 6.71. The van der Waals surface area contributed by atoms with E-state index in [9.17, 15) is 19.7 Å². The second-order valence-electron chi connectivity index (χ2n) is 4.85. The van der Waals surface area contributed by atoms with E-state index in [0.717, 1.165) is 0 Å². The third kappa shape index (κ3) is 4.13. The Kier molecular flexibility index (Phi) is 4.70. The van der Waals surface area contributed by atoms with Gasteiger partial charge in [0.15, 0.2) is 0 Å². The van der Waals surface area contributed by atoms with Crippen LogP contribution in [0.3, 0.4) is 0 Å². The van der Waals surface area contributed by atoms with E-state index >= 15 is 0 Å². The Morgan fingerprint density at radius 3 is 2.35 bits per heavy atom. The smallest absolute Gasteiger partial charge is 0.343 e. The average molecular weight is 314 g/mol. The molecule has 0 aliphatic rings. The molecule has 0 spiro atoms. The lowest BCUT2D eigenvalue weighted by atomic mass is 10.1. The van der Waals surface area contributed by atoms with Gasteiger partial charge < -0.3 is 10.1 Å². The van der Waals surface area contributed by atoms with Gasteiger partial charge in [-0.15, -0.1) is 0 Å². The number of hydrogen-bond donors (Lipinski definition) is 1. The van der Waals surface area contributed by atoms with E-state index in [-0.39, 0.29) is 22.9 Å². The summed E-state index contributed by atoms with van der Waals surface area (Å²) in [6.07, 6.45) is 0. The fraction of sp³-hybridized carbons (Fsp3) is 0.125. The van der Waals surface area contributed by atoms with Crippen LogP contribution in [0.5, 0.6) is 5.75 Å². The van der Waals surface area contributed by atoms with Crippen molar-refractivity contribution in [2.24, 2.45) is 0 Å². The van der Waals surface area contributed by atoms with Crippen molar-refractivity contribution in [3.8, 4) is 5.75 Å². The van der Waals surface area contributed by atoms with Crippen molar-refractivity contribution in [1.82, 2.24) is 0 Å². The van der Waals surface area contributed by atoms with Crippen molar-refractivity contribution in [1.29, 1.82) is 0 Å². The van der Waals surface area contributed by atoms with Crippen LogP contribution in [0.15, 0.2) is 42.5 Å². The predicted octanol–water partition coefficient (Wildman–Crippen LogP) is 3.08. The number of carbonyl (C=O) groups is 2. The number of rotatable bonds is 4. The number of nitrogens with zero attached hydrogens (tertiary/aromatic N) is 1. The minimum atomic E-state index is -0.694. The third-order valence-corrected chi connectivity index (χ3v) is 3.03. The molecular formula is C16H14N2O5. The number of carbonyl (C=O) groups excluding carboxylic acids is 2. The largest absolute Gasteiger partial charge is 0.423 e. The SMILES string of the molecule is CC(=O)Nc1ccc(OC(=O)c2ccc(C)c([N+](=O)[O-])c2)cc1. The zero-order valence-corrected chi connectivity index (χ0v) is 12.5. The number of ether oxygens (including phenoxy) is 1. The fourth-order valence-corrected chi connectivity index (χ4v) is 1.91. The van der Waals surface area contributed by atoms with Crippen molar-refractivity contribution in [3.63, 3.8) is 0 Å². The van der Waals surface area contributed by atoms with Crippen molar-refractivity contribution < 1.29 is 19.2 Å². The molecule has 23 heavy (non-hydrogen) atoms. The van der Waals surface area contributed by atoms with Crippen molar-refractivity contribution in [2.75, 3.05) is 5.32 Å². The summed E-state index contributed by atoms with van der Waals surface area (Å²) in [5.74, 6) is -0.630. The van der Waals surface area contributed by atoms with Crippen LogP contribution in [0.2, 0.25) is 0 Å². The van der Waals surface area contributed by atoms with Gasteiger partial charge in [0.1, 0.15) is 5.75 Å². The first-order valence-corrected chi connectivity index (χ1v) is 6.71. The molecule has 0 aliphatic heterocycles. The molecule has 7 heteroatoms. The van der Waals surface area contributed by atoms with Gasteiger partial charge in [-0.2, -0.15) is 0 Å². The second kappa shape index (κ2) is 6.69. The summed E-state index contributed by atoms with van der Waals surface area (Å²) < 4.78 is 5.16. The number of aryl methyl sites for hydroxylation is 1. The molecule has 2 rings (SSSR count). The number of nitro groups is 1. The molecule has 0 radical (unpaired) electrons. The lowest BCUT2D eigenvalue weighted by Gasteiger charge is -2.06. The molecule has 0 unspecified atom stereocenters. The summed E-state index contributed by atoms with van der Waals surface area (Å²) in [6, 6.07) is 10.4. The highest BCUT2D eigenvalue weighted by atomic mass is 16.6. The summed E-state index contributed by atoms with van der Waals surface area (Å²) >= 11 is 0. The van der Waals surface area contributed by atoms with Crippen molar-refractivity contribution >= 4 is 23.3 Å². The molecule has 0 saturated carbocycles. The van der Waals surface area contributed by atoms with Gasteiger partial charge in [0, 0.05) is 24.2 Å². The minimum Gasteiger partial charge on any atom is -0.423 e. The van der Waals surface area contributed by atoms with Crippen LogP contribution in [0.25, 0.3) is 0 Å². The van der Waals surface area contributed by atoms with E-state index in [1.54, 1.807) is 19.1 Å². The van der Waals surface area contributed by atoms with E-state index in [4.69, 9.17) is 4.74 Å². The first kappa shape index (κ1) is 16.2. The maximum absolute atomic E-state index is 12.0. The van der Waals surface area contributed by atoms with Crippen LogP contribution in [-0.2, 0) is 4.79 Å². The average Bonchev–Trinajstić information content (AvgIpc) is 2.48. The molecule has 0 aromatic heterocycles. The topological polar surface area (TPSA) is 98.5 Å². The van der Waals surface area contributed by atoms with E-state index in [1.165, 1.54) is 37.3 Å². The number of nitro benzene ring substituents is 1. The quantitative estimate of drug-likeness (QED) is 0.404. The molecular weight excluding hydrogens is 300 g/mol. The van der Waals surface area contributed by atoms with Crippen LogP contribution in [-0.4, -0.2) is 16.8 Å². The monoisotopic (exact) mass is 314 g/mol. The van der Waals surface area contributed by atoms with Crippen LogP contribution in [0.1, 0.15) is 22.8 Å². The van der Waals surface area contributed by atoms with E-state index < -0.39 is 10.9 Å². The van der Waals surface area contributed by atoms with Gasteiger partial charge in [-0.1, -0.05) is 6.07 Å². The number of nitrogens with one attached hydrogen (secondary N) is 1. The molecule has 2 aromatic rings. The Bertz CT molecular complexity index is 769. The van der Waals surface area contributed by atoms with Gasteiger partial charge in [0.25, 0.3) is 5.69 Å². The van der Waals surface area contributed by atoms with E-state index in [2.05, 4.69) is 5.32 Å². The van der Waals surface area contributed by atoms with Gasteiger partial charge in [-0.05, 0) is 37.3 Å². The first-order chi connectivity index (χ1) is 10.9. The minimum absolute atomic E-state index is 0.0910. The Hall–Kier alpha value is -3.22. The maximum atomic E-state index is 12.0. The summed E-state index contributed by atoms with van der Waals surface area (Å²) in [5, 5.41) is 13.5. The van der Waals surface area contributed by atoms with E-state index in [1.807, 2.05) is 0 Å². The van der Waals surface area contributed by atoms with Gasteiger partial charge in [0.05, 0.1) is 10.5 Å². The lowest BCUT2D eigenvalue weighted by molar-refractivity contribution is -0.385.